The van der Waals surface area contributed by atoms with Crippen molar-refractivity contribution in [1.82, 2.24) is 4.90 Å². The molecule has 0 unspecified atom stereocenters. The summed E-state index contributed by atoms with van der Waals surface area (Å²) < 4.78 is 13.1. The minimum atomic E-state index is -0.557. The first-order valence-electron chi connectivity index (χ1n) is 5.69. The first-order valence-corrected chi connectivity index (χ1v) is 5.69. The minimum absolute atomic E-state index is 0.0776. The number of halogens is 1. The van der Waals surface area contributed by atoms with Gasteiger partial charge in [-0.3, -0.25) is 4.90 Å². The number of rotatable bonds is 3. The van der Waals surface area contributed by atoms with E-state index >= 15 is 0 Å². The Kier molecular flexibility index (Phi) is 3.14. The SMILES string of the molecule is CCC1(O)CN(Cc2ccc(F)c(C#N)c2)C1. The van der Waals surface area contributed by atoms with E-state index in [0.29, 0.717) is 19.6 Å². The number of β-amino-alcohol motifs (C(OH)–C–C–N with tert-alkyl or cyclic N) is 1. The summed E-state index contributed by atoms with van der Waals surface area (Å²) in [7, 11) is 0. The van der Waals surface area contributed by atoms with Gasteiger partial charge in [0.1, 0.15) is 11.9 Å². The largest absolute Gasteiger partial charge is 0.387 e. The van der Waals surface area contributed by atoms with Gasteiger partial charge in [-0.05, 0) is 24.1 Å². The van der Waals surface area contributed by atoms with Crippen molar-refractivity contribution >= 4 is 0 Å². The van der Waals surface area contributed by atoms with Gasteiger partial charge in [0, 0.05) is 19.6 Å². The Morgan fingerprint density at radius 2 is 2.24 bits per heavy atom. The van der Waals surface area contributed by atoms with E-state index in [2.05, 4.69) is 4.90 Å². The van der Waals surface area contributed by atoms with E-state index < -0.39 is 11.4 Å². The average Bonchev–Trinajstić information content (AvgIpc) is 2.29. The van der Waals surface area contributed by atoms with Crippen molar-refractivity contribution in [3.8, 4) is 6.07 Å². The lowest BCUT2D eigenvalue weighted by molar-refractivity contribution is -0.103. The zero-order valence-corrected chi connectivity index (χ0v) is 9.78. The second kappa shape index (κ2) is 4.44. The fourth-order valence-corrected chi connectivity index (χ4v) is 2.14. The van der Waals surface area contributed by atoms with Gasteiger partial charge >= 0.3 is 0 Å². The van der Waals surface area contributed by atoms with Crippen LogP contribution in [0.25, 0.3) is 0 Å². The average molecular weight is 234 g/mol. The van der Waals surface area contributed by atoms with Gasteiger partial charge in [0.2, 0.25) is 0 Å². The number of nitriles is 1. The fourth-order valence-electron chi connectivity index (χ4n) is 2.14. The molecular formula is C13H15FN2O. The van der Waals surface area contributed by atoms with Crippen LogP contribution in [0.2, 0.25) is 0 Å². The third kappa shape index (κ3) is 2.46. The molecule has 1 aromatic carbocycles. The highest BCUT2D eigenvalue weighted by Crippen LogP contribution is 2.26. The Bertz CT molecular complexity index is 461. The molecule has 1 aliphatic heterocycles. The molecule has 90 valence electrons. The predicted molar refractivity (Wildman–Crippen MR) is 61.6 cm³/mol. The Morgan fingerprint density at radius 1 is 1.53 bits per heavy atom. The van der Waals surface area contributed by atoms with Gasteiger partial charge in [0.05, 0.1) is 11.2 Å². The molecule has 1 N–H and O–H groups in total. The molecule has 4 heteroatoms. The topological polar surface area (TPSA) is 47.3 Å². The predicted octanol–water partition coefficient (Wildman–Crippen LogP) is 1.65. The standard InChI is InChI=1S/C13H15FN2O/c1-2-13(17)8-16(9-13)7-10-3-4-12(14)11(5-10)6-15/h3-5,17H,2,7-9H2,1H3. The monoisotopic (exact) mass is 234 g/mol. The molecule has 1 saturated heterocycles. The van der Waals surface area contributed by atoms with E-state index in [1.54, 1.807) is 12.1 Å². The molecule has 1 fully saturated rings. The van der Waals surface area contributed by atoms with Crippen molar-refractivity contribution in [3.05, 3.63) is 35.1 Å². The van der Waals surface area contributed by atoms with Crippen molar-refractivity contribution in [1.29, 1.82) is 5.26 Å². The van der Waals surface area contributed by atoms with Gasteiger partial charge in [-0.2, -0.15) is 5.26 Å². The molecule has 1 aromatic rings. The summed E-state index contributed by atoms with van der Waals surface area (Å²) in [6.45, 7) is 3.89. The summed E-state index contributed by atoms with van der Waals surface area (Å²) in [5.74, 6) is -0.482. The Morgan fingerprint density at radius 3 is 2.82 bits per heavy atom. The van der Waals surface area contributed by atoms with E-state index in [-0.39, 0.29) is 5.56 Å². The highest BCUT2D eigenvalue weighted by molar-refractivity contribution is 5.34. The van der Waals surface area contributed by atoms with Crippen LogP contribution in [0.4, 0.5) is 4.39 Å². The number of hydrogen-bond acceptors (Lipinski definition) is 3. The molecular weight excluding hydrogens is 219 g/mol. The molecule has 0 radical (unpaired) electrons. The molecule has 0 spiro atoms. The van der Waals surface area contributed by atoms with E-state index in [1.165, 1.54) is 6.07 Å². The Hall–Kier alpha value is -1.44. The van der Waals surface area contributed by atoms with E-state index in [0.717, 1.165) is 12.0 Å². The van der Waals surface area contributed by atoms with Crippen molar-refractivity contribution in [2.45, 2.75) is 25.5 Å². The molecule has 0 aliphatic carbocycles. The second-order valence-corrected chi connectivity index (χ2v) is 4.65. The maximum atomic E-state index is 13.1. The van der Waals surface area contributed by atoms with E-state index in [1.807, 2.05) is 13.0 Å². The molecule has 2 rings (SSSR count). The third-order valence-corrected chi connectivity index (χ3v) is 3.25. The highest BCUT2D eigenvalue weighted by Gasteiger charge is 2.38. The Balaban J connectivity index is 2.00. The van der Waals surface area contributed by atoms with Gasteiger partial charge in [0.25, 0.3) is 0 Å². The number of nitrogens with zero attached hydrogens (tertiary/aromatic N) is 2. The maximum Gasteiger partial charge on any atom is 0.140 e. The molecule has 3 nitrogen and oxygen atoms in total. The van der Waals surface area contributed by atoms with Gasteiger partial charge in [-0.1, -0.05) is 13.0 Å². The zero-order valence-electron chi connectivity index (χ0n) is 9.78. The van der Waals surface area contributed by atoms with Crippen molar-refractivity contribution in [3.63, 3.8) is 0 Å². The first-order chi connectivity index (χ1) is 8.06. The third-order valence-electron chi connectivity index (χ3n) is 3.25. The molecule has 1 aliphatic rings. The lowest BCUT2D eigenvalue weighted by Gasteiger charge is -2.46. The van der Waals surface area contributed by atoms with Crippen molar-refractivity contribution < 1.29 is 9.50 Å². The molecule has 17 heavy (non-hydrogen) atoms. The molecule has 0 amide bonds. The van der Waals surface area contributed by atoms with E-state index in [9.17, 15) is 9.50 Å². The minimum Gasteiger partial charge on any atom is -0.387 e. The van der Waals surface area contributed by atoms with Crippen LogP contribution in [0.3, 0.4) is 0 Å². The van der Waals surface area contributed by atoms with Gasteiger partial charge < -0.3 is 5.11 Å². The molecule has 0 atom stereocenters. The Labute approximate surface area is 100 Å². The smallest absolute Gasteiger partial charge is 0.140 e. The first kappa shape index (κ1) is 12.0. The summed E-state index contributed by atoms with van der Waals surface area (Å²) >= 11 is 0. The van der Waals surface area contributed by atoms with Gasteiger partial charge in [0.15, 0.2) is 0 Å². The number of likely N-dealkylation sites (tertiary alicyclic amines) is 1. The van der Waals surface area contributed by atoms with Crippen LogP contribution in [-0.4, -0.2) is 28.7 Å². The quantitative estimate of drug-likeness (QED) is 0.865. The van der Waals surface area contributed by atoms with Gasteiger partial charge in [-0.25, -0.2) is 4.39 Å². The van der Waals surface area contributed by atoms with Crippen LogP contribution in [0, 0.1) is 17.1 Å². The number of hydrogen-bond donors (Lipinski definition) is 1. The summed E-state index contributed by atoms with van der Waals surface area (Å²) in [5, 5.41) is 18.6. The number of aliphatic hydroxyl groups is 1. The van der Waals surface area contributed by atoms with Crippen LogP contribution in [0.1, 0.15) is 24.5 Å². The van der Waals surface area contributed by atoms with Crippen LogP contribution in [0.15, 0.2) is 18.2 Å². The van der Waals surface area contributed by atoms with Crippen LogP contribution in [0.5, 0.6) is 0 Å². The molecule has 0 bridgehead atoms. The summed E-state index contributed by atoms with van der Waals surface area (Å²) in [6, 6.07) is 6.40. The number of benzene rings is 1. The second-order valence-electron chi connectivity index (χ2n) is 4.65. The normalized spacial score (nSPS) is 18.5. The molecule has 0 saturated carbocycles. The molecule has 1 heterocycles. The maximum absolute atomic E-state index is 13.1. The van der Waals surface area contributed by atoms with Gasteiger partial charge in [-0.15, -0.1) is 0 Å². The summed E-state index contributed by atoms with van der Waals surface area (Å²) in [5.41, 5.74) is 0.424. The molecule has 0 aromatic heterocycles. The van der Waals surface area contributed by atoms with E-state index in [4.69, 9.17) is 5.26 Å². The van der Waals surface area contributed by atoms with Crippen LogP contribution in [-0.2, 0) is 6.54 Å². The fraction of sp³-hybridized carbons (Fsp3) is 0.462. The summed E-state index contributed by atoms with van der Waals surface area (Å²) in [6.07, 6.45) is 0.746. The lowest BCUT2D eigenvalue weighted by atomic mass is 9.91. The zero-order chi connectivity index (χ0) is 12.5. The summed E-state index contributed by atoms with van der Waals surface area (Å²) in [4.78, 5) is 2.08. The van der Waals surface area contributed by atoms with Crippen LogP contribution < -0.4 is 0 Å². The van der Waals surface area contributed by atoms with Crippen molar-refractivity contribution in [2.24, 2.45) is 0 Å². The lowest BCUT2D eigenvalue weighted by Crippen LogP contribution is -2.60. The van der Waals surface area contributed by atoms with Crippen LogP contribution >= 0.6 is 0 Å². The van der Waals surface area contributed by atoms with Crippen molar-refractivity contribution in [2.75, 3.05) is 13.1 Å². The highest BCUT2D eigenvalue weighted by atomic mass is 19.1.